The summed E-state index contributed by atoms with van der Waals surface area (Å²) in [5.74, 6) is 1.24. The Morgan fingerprint density at radius 2 is 2.07 bits per heavy atom. The molecule has 0 aromatic heterocycles. The number of hydrogen-bond acceptors (Lipinski definition) is 3. The molecule has 0 aliphatic rings. The second-order valence-corrected chi connectivity index (χ2v) is 3.12. The van der Waals surface area contributed by atoms with Gasteiger partial charge in [-0.05, 0) is 18.2 Å². The van der Waals surface area contributed by atoms with E-state index in [1.54, 1.807) is 25.3 Å². The van der Waals surface area contributed by atoms with Crippen LogP contribution in [0.15, 0.2) is 24.3 Å². The van der Waals surface area contributed by atoms with Crippen molar-refractivity contribution in [3.8, 4) is 11.5 Å². The molecule has 0 saturated carbocycles. The van der Waals surface area contributed by atoms with Crippen LogP contribution in [0.2, 0.25) is 0 Å². The number of aldehydes is 1. The van der Waals surface area contributed by atoms with Gasteiger partial charge in [0, 0.05) is 11.6 Å². The van der Waals surface area contributed by atoms with Crippen LogP contribution in [0.4, 0.5) is 0 Å². The molecule has 0 spiro atoms. The number of benzene rings is 1. The molecule has 4 heteroatoms. The van der Waals surface area contributed by atoms with Crippen LogP contribution in [-0.4, -0.2) is 20.5 Å². The lowest BCUT2D eigenvalue weighted by atomic mass is 10.1. The van der Waals surface area contributed by atoms with Gasteiger partial charge in [-0.25, -0.2) is 0 Å². The summed E-state index contributed by atoms with van der Waals surface area (Å²) in [5, 5.41) is 0.338. The molecule has 1 aromatic carbocycles. The van der Waals surface area contributed by atoms with Gasteiger partial charge in [-0.1, -0.05) is 11.6 Å². The summed E-state index contributed by atoms with van der Waals surface area (Å²) >= 11 is 5.89. The zero-order chi connectivity index (χ0) is 11.3. The van der Waals surface area contributed by atoms with Gasteiger partial charge >= 0.3 is 0 Å². The van der Waals surface area contributed by atoms with Gasteiger partial charge in [0.15, 0.2) is 0 Å². The molecule has 1 aromatic rings. The molecule has 3 nitrogen and oxygen atoms in total. The average molecular weight is 227 g/mol. The van der Waals surface area contributed by atoms with Gasteiger partial charge in [0.2, 0.25) is 0 Å². The largest absolute Gasteiger partial charge is 0.497 e. The zero-order valence-electron chi connectivity index (χ0n) is 8.49. The fraction of sp³-hybridized carbons (Fsp3) is 0.182. The summed E-state index contributed by atoms with van der Waals surface area (Å²) in [4.78, 5) is 10.3. The molecule has 0 radical (unpaired) electrons. The van der Waals surface area contributed by atoms with Crippen molar-refractivity contribution in [2.75, 3.05) is 14.2 Å². The van der Waals surface area contributed by atoms with E-state index in [0.29, 0.717) is 28.4 Å². The van der Waals surface area contributed by atoms with Crippen LogP contribution in [0.25, 0.3) is 5.03 Å². The van der Waals surface area contributed by atoms with Crippen molar-refractivity contribution in [2.24, 2.45) is 0 Å². The first-order chi connectivity index (χ1) is 7.22. The molecule has 0 aliphatic heterocycles. The SMILES string of the molecule is COc1ccc(C(Cl)=CC=O)c(OC)c1. The molecule has 0 heterocycles. The number of halogens is 1. The molecule has 1 rings (SSSR count). The maximum Gasteiger partial charge on any atom is 0.144 e. The Hall–Kier alpha value is -1.48. The third kappa shape index (κ3) is 2.73. The maximum absolute atomic E-state index is 10.3. The summed E-state index contributed by atoms with van der Waals surface area (Å²) in [5.41, 5.74) is 0.659. The molecule has 0 saturated heterocycles. The molecule has 0 N–H and O–H groups in total. The van der Waals surface area contributed by atoms with E-state index in [2.05, 4.69) is 0 Å². The molecule has 15 heavy (non-hydrogen) atoms. The van der Waals surface area contributed by atoms with Gasteiger partial charge in [0.25, 0.3) is 0 Å². The van der Waals surface area contributed by atoms with E-state index in [4.69, 9.17) is 21.1 Å². The Bertz CT molecular complexity index is 385. The molecular weight excluding hydrogens is 216 g/mol. The first-order valence-electron chi connectivity index (χ1n) is 4.26. The summed E-state index contributed by atoms with van der Waals surface area (Å²) in [7, 11) is 3.10. The van der Waals surface area contributed by atoms with E-state index in [0.717, 1.165) is 0 Å². The number of hydrogen-bond donors (Lipinski definition) is 0. The molecule has 80 valence electrons. The minimum atomic E-state index is 0.338. The van der Waals surface area contributed by atoms with Crippen LogP contribution >= 0.6 is 11.6 Å². The highest BCUT2D eigenvalue weighted by Crippen LogP contribution is 2.31. The van der Waals surface area contributed by atoms with Crippen molar-refractivity contribution in [3.63, 3.8) is 0 Å². The average Bonchev–Trinajstić information content (AvgIpc) is 2.28. The van der Waals surface area contributed by atoms with Gasteiger partial charge < -0.3 is 9.47 Å². The van der Waals surface area contributed by atoms with Crippen molar-refractivity contribution in [1.29, 1.82) is 0 Å². The van der Waals surface area contributed by atoms with Crippen LogP contribution < -0.4 is 9.47 Å². The Morgan fingerprint density at radius 1 is 1.33 bits per heavy atom. The number of carbonyl (C=O) groups excluding carboxylic acids is 1. The Kier molecular flexibility index (Phi) is 4.18. The number of rotatable bonds is 4. The van der Waals surface area contributed by atoms with E-state index < -0.39 is 0 Å². The predicted octanol–water partition coefficient (Wildman–Crippen LogP) is 2.48. The maximum atomic E-state index is 10.3. The van der Waals surface area contributed by atoms with Crippen molar-refractivity contribution in [1.82, 2.24) is 0 Å². The van der Waals surface area contributed by atoms with E-state index in [-0.39, 0.29) is 0 Å². The van der Waals surface area contributed by atoms with Gasteiger partial charge in [0.1, 0.15) is 17.8 Å². The topological polar surface area (TPSA) is 35.5 Å². The Labute approximate surface area is 93.3 Å². The van der Waals surface area contributed by atoms with Gasteiger partial charge in [-0.2, -0.15) is 0 Å². The van der Waals surface area contributed by atoms with Crippen LogP contribution in [0.1, 0.15) is 5.56 Å². The van der Waals surface area contributed by atoms with Gasteiger partial charge in [0.05, 0.1) is 19.3 Å². The van der Waals surface area contributed by atoms with E-state index in [1.165, 1.54) is 13.2 Å². The first kappa shape index (κ1) is 11.6. The standard InChI is InChI=1S/C11H11ClO3/c1-14-8-3-4-9(10(12)5-6-13)11(7-8)15-2/h3-7H,1-2H3. The quantitative estimate of drug-likeness (QED) is 0.585. The molecule has 0 amide bonds. The van der Waals surface area contributed by atoms with Gasteiger partial charge in [-0.3, -0.25) is 4.79 Å². The molecule has 0 aliphatic carbocycles. The lowest BCUT2D eigenvalue weighted by molar-refractivity contribution is -0.104. The normalized spacial score (nSPS) is 11.0. The highest BCUT2D eigenvalue weighted by Gasteiger charge is 2.07. The number of allylic oxidation sites excluding steroid dienone is 1. The Morgan fingerprint density at radius 3 is 2.60 bits per heavy atom. The van der Waals surface area contributed by atoms with Crippen LogP contribution in [0.5, 0.6) is 11.5 Å². The molecule has 0 unspecified atom stereocenters. The number of ether oxygens (including phenoxy) is 2. The van der Waals surface area contributed by atoms with E-state index in [1.807, 2.05) is 0 Å². The van der Waals surface area contributed by atoms with Gasteiger partial charge in [-0.15, -0.1) is 0 Å². The minimum absolute atomic E-state index is 0.338. The van der Waals surface area contributed by atoms with Crippen molar-refractivity contribution >= 4 is 22.9 Å². The first-order valence-corrected chi connectivity index (χ1v) is 4.64. The lowest BCUT2D eigenvalue weighted by Gasteiger charge is -2.08. The van der Waals surface area contributed by atoms with E-state index >= 15 is 0 Å². The van der Waals surface area contributed by atoms with E-state index in [9.17, 15) is 4.79 Å². The highest BCUT2D eigenvalue weighted by atomic mass is 35.5. The second kappa shape index (κ2) is 5.41. The molecule has 0 fully saturated rings. The lowest BCUT2D eigenvalue weighted by Crippen LogP contribution is -1.91. The molecule has 0 atom stereocenters. The summed E-state index contributed by atoms with van der Waals surface area (Å²) in [6.07, 6.45) is 1.90. The fourth-order valence-corrected chi connectivity index (χ4v) is 1.35. The highest BCUT2D eigenvalue weighted by molar-refractivity contribution is 6.50. The van der Waals surface area contributed by atoms with Crippen LogP contribution in [-0.2, 0) is 4.79 Å². The second-order valence-electron chi connectivity index (χ2n) is 2.72. The minimum Gasteiger partial charge on any atom is -0.497 e. The van der Waals surface area contributed by atoms with Crippen LogP contribution in [0.3, 0.4) is 0 Å². The van der Waals surface area contributed by atoms with Crippen molar-refractivity contribution < 1.29 is 14.3 Å². The number of methoxy groups -OCH3 is 2. The molecular formula is C11H11ClO3. The smallest absolute Gasteiger partial charge is 0.144 e. The summed E-state index contributed by atoms with van der Waals surface area (Å²) in [6, 6.07) is 5.19. The zero-order valence-corrected chi connectivity index (χ0v) is 9.25. The fourth-order valence-electron chi connectivity index (χ4n) is 1.15. The molecule has 0 bridgehead atoms. The summed E-state index contributed by atoms with van der Waals surface area (Å²) in [6.45, 7) is 0. The third-order valence-corrected chi connectivity index (χ3v) is 2.21. The predicted molar refractivity (Wildman–Crippen MR) is 59.4 cm³/mol. The van der Waals surface area contributed by atoms with Crippen molar-refractivity contribution in [2.45, 2.75) is 0 Å². The number of carbonyl (C=O) groups is 1. The monoisotopic (exact) mass is 226 g/mol. The van der Waals surface area contributed by atoms with Crippen molar-refractivity contribution in [3.05, 3.63) is 29.8 Å². The third-order valence-electron chi connectivity index (χ3n) is 1.88. The summed E-state index contributed by atoms with van der Waals surface area (Å²) < 4.78 is 10.2. The van der Waals surface area contributed by atoms with Crippen LogP contribution in [0, 0.1) is 0 Å². The Balaban J connectivity index is 3.18.